The largest absolute Gasteiger partial charge is 0.359 e. The Morgan fingerprint density at radius 1 is 1.20 bits per heavy atom. The minimum atomic E-state index is -0.101. The third-order valence-electron chi connectivity index (χ3n) is 2.21. The van der Waals surface area contributed by atoms with Crippen LogP contribution in [0.15, 0.2) is 0 Å². The summed E-state index contributed by atoms with van der Waals surface area (Å²) in [6, 6.07) is 0. The Balaban J connectivity index is 3.45. The minimum absolute atomic E-state index is 0.0666. The summed E-state index contributed by atoms with van der Waals surface area (Å²) in [5.74, 6) is -0.168. The van der Waals surface area contributed by atoms with Gasteiger partial charge in [0.15, 0.2) is 0 Å². The molecule has 0 radical (unpaired) electrons. The van der Waals surface area contributed by atoms with E-state index in [0.29, 0.717) is 6.54 Å². The Labute approximate surface area is 91.2 Å². The molecule has 0 bridgehead atoms. The molecule has 0 saturated carbocycles. The van der Waals surface area contributed by atoms with Crippen LogP contribution in [0.1, 0.15) is 19.8 Å². The highest BCUT2D eigenvalue weighted by molar-refractivity contribution is 5.83. The highest BCUT2D eigenvalue weighted by Gasteiger charge is 2.04. The van der Waals surface area contributed by atoms with E-state index in [0.717, 1.165) is 13.1 Å². The second kappa shape index (κ2) is 8.23. The molecule has 0 aromatic heterocycles. The van der Waals surface area contributed by atoms with E-state index in [-0.39, 0.29) is 24.7 Å². The number of likely N-dealkylation sites (N-methyl/N-ethyl adjacent to an activating group) is 1. The number of rotatable bonds is 7. The van der Waals surface area contributed by atoms with Crippen LogP contribution < -0.4 is 10.6 Å². The van der Waals surface area contributed by atoms with Crippen molar-refractivity contribution >= 4 is 11.8 Å². The Bertz CT molecular complexity index is 207. The molecule has 0 aromatic rings. The molecule has 0 fully saturated rings. The van der Waals surface area contributed by atoms with Crippen LogP contribution in [0.5, 0.6) is 0 Å². The van der Waals surface area contributed by atoms with Crippen LogP contribution in [0.3, 0.4) is 0 Å². The van der Waals surface area contributed by atoms with Gasteiger partial charge in [0.1, 0.15) is 0 Å². The number of amides is 2. The van der Waals surface area contributed by atoms with Gasteiger partial charge in [0.05, 0.1) is 0 Å². The molecule has 0 spiro atoms. The molecule has 0 aliphatic rings. The molecular weight excluding hydrogens is 194 g/mol. The first-order valence-electron chi connectivity index (χ1n) is 5.26. The molecule has 0 aromatic carbocycles. The van der Waals surface area contributed by atoms with E-state index in [1.165, 1.54) is 0 Å². The van der Waals surface area contributed by atoms with Crippen LogP contribution in [0, 0.1) is 0 Å². The molecule has 15 heavy (non-hydrogen) atoms. The van der Waals surface area contributed by atoms with Gasteiger partial charge in [-0.2, -0.15) is 0 Å². The fraction of sp³-hybridized carbons (Fsp3) is 0.800. The molecule has 0 rings (SSSR count). The van der Waals surface area contributed by atoms with Gasteiger partial charge in [0.2, 0.25) is 11.8 Å². The van der Waals surface area contributed by atoms with Crippen LogP contribution in [0.25, 0.3) is 0 Å². The summed E-state index contributed by atoms with van der Waals surface area (Å²) in [7, 11) is 3.56. The van der Waals surface area contributed by atoms with E-state index < -0.39 is 0 Å². The summed E-state index contributed by atoms with van der Waals surface area (Å²) in [5, 5.41) is 5.24. The van der Waals surface area contributed by atoms with Crippen LogP contribution in [0.2, 0.25) is 0 Å². The third kappa shape index (κ3) is 7.93. The predicted molar refractivity (Wildman–Crippen MR) is 59.5 cm³/mol. The maximum atomic E-state index is 11.2. The number of nitrogens with one attached hydrogen (secondary N) is 2. The van der Waals surface area contributed by atoms with E-state index in [1.807, 2.05) is 7.05 Å². The Hall–Kier alpha value is -1.10. The topological polar surface area (TPSA) is 61.4 Å². The van der Waals surface area contributed by atoms with Gasteiger partial charge in [0, 0.05) is 33.0 Å². The molecule has 0 unspecified atom stereocenters. The maximum absolute atomic E-state index is 11.2. The highest BCUT2D eigenvalue weighted by atomic mass is 16.2. The SMILES string of the molecule is CCN(C)CCNC(=O)CCC(=O)NC. The lowest BCUT2D eigenvalue weighted by molar-refractivity contribution is -0.126. The van der Waals surface area contributed by atoms with E-state index in [1.54, 1.807) is 7.05 Å². The van der Waals surface area contributed by atoms with E-state index in [2.05, 4.69) is 22.5 Å². The number of hydrogen-bond acceptors (Lipinski definition) is 3. The van der Waals surface area contributed by atoms with Crippen LogP contribution in [0.4, 0.5) is 0 Å². The quantitative estimate of drug-likeness (QED) is 0.606. The first kappa shape index (κ1) is 13.9. The minimum Gasteiger partial charge on any atom is -0.359 e. The van der Waals surface area contributed by atoms with E-state index in [9.17, 15) is 9.59 Å². The summed E-state index contributed by atoms with van der Waals surface area (Å²) in [6.45, 7) is 4.50. The summed E-state index contributed by atoms with van der Waals surface area (Å²) < 4.78 is 0. The van der Waals surface area contributed by atoms with Crippen LogP contribution in [-0.2, 0) is 9.59 Å². The van der Waals surface area contributed by atoms with Crippen molar-refractivity contribution in [1.82, 2.24) is 15.5 Å². The van der Waals surface area contributed by atoms with Gasteiger partial charge in [0.25, 0.3) is 0 Å². The summed E-state index contributed by atoms with van der Waals surface area (Å²) in [6.07, 6.45) is 0.515. The number of hydrogen-bond donors (Lipinski definition) is 2. The highest BCUT2D eigenvalue weighted by Crippen LogP contribution is 1.88. The average Bonchev–Trinajstić information content (AvgIpc) is 2.25. The first-order valence-corrected chi connectivity index (χ1v) is 5.26. The van der Waals surface area contributed by atoms with Crippen molar-refractivity contribution in [3.63, 3.8) is 0 Å². The van der Waals surface area contributed by atoms with Crippen LogP contribution >= 0.6 is 0 Å². The van der Waals surface area contributed by atoms with Crippen molar-refractivity contribution in [3.8, 4) is 0 Å². The molecular formula is C10H21N3O2. The second-order valence-electron chi connectivity index (χ2n) is 3.42. The molecule has 2 N–H and O–H groups in total. The van der Waals surface area contributed by atoms with Gasteiger partial charge in [-0.25, -0.2) is 0 Å². The van der Waals surface area contributed by atoms with Crippen molar-refractivity contribution in [2.45, 2.75) is 19.8 Å². The summed E-state index contributed by atoms with van der Waals surface area (Å²) in [4.78, 5) is 24.2. The fourth-order valence-corrected chi connectivity index (χ4v) is 0.985. The zero-order chi connectivity index (χ0) is 11.7. The van der Waals surface area contributed by atoms with Crippen molar-refractivity contribution in [1.29, 1.82) is 0 Å². The van der Waals surface area contributed by atoms with Crippen LogP contribution in [-0.4, -0.2) is 50.4 Å². The molecule has 88 valence electrons. The maximum Gasteiger partial charge on any atom is 0.220 e. The Morgan fingerprint density at radius 2 is 1.80 bits per heavy atom. The molecule has 5 nitrogen and oxygen atoms in total. The summed E-state index contributed by atoms with van der Waals surface area (Å²) >= 11 is 0. The standard InChI is InChI=1S/C10H21N3O2/c1-4-13(3)8-7-12-10(15)6-5-9(14)11-2/h4-8H2,1-3H3,(H,11,14)(H,12,15). The summed E-state index contributed by atoms with van der Waals surface area (Å²) in [5.41, 5.74) is 0. The zero-order valence-corrected chi connectivity index (χ0v) is 9.80. The molecule has 0 saturated heterocycles. The predicted octanol–water partition coefficient (Wildman–Crippen LogP) is -0.419. The van der Waals surface area contributed by atoms with Crippen molar-refractivity contribution in [2.24, 2.45) is 0 Å². The molecule has 0 aliphatic heterocycles. The van der Waals surface area contributed by atoms with Gasteiger partial charge in [-0.1, -0.05) is 6.92 Å². The van der Waals surface area contributed by atoms with Crippen molar-refractivity contribution in [2.75, 3.05) is 33.7 Å². The molecule has 5 heteroatoms. The van der Waals surface area contributed by atoms with Gasteiger partial charge < -0.3 is 15.5 Å². The van der Waals surface area contributed by atoms with E-state index >= 15 is 0 Å². The monoisotopic (exact) mass is 215 g/mol. The van der Waals surface area contributed by atoms with Crippen molar-refractivity contribution in [3.05, 3.63) is 0 Å². The van der Waals surface area contributed by atoms with Gasteiger partial charge in [-0.3, -0.25) is 9.59 Å². The number of carbonyl (C=O) groups excluding carboxylic acids is 2. The molecule has 2 amide bonds. The normalized spacial score (nSPS) is 10.1. The molecule has 0 heterocycles. The Morgan fingerprint density at radius 3 is 2.33 bits per heavy atom. The van der Waals surface area contributed by atoms with E-state index in [4.69, 9.17) is 0 Å². The van der Waals surface area contributed by atoms with Gasteiger partial charge in [-0.15, -0.1) is 0 Å². The third-order valence-corrected chi connectivity index (χ3v) is 2.21. The lowest BCUT2D eigenvalue weighted by Gasteiger charge is -2.13. The lowest BCUT2D eigenvalue weighted by atomic mass is 10.3. The first-order chi connectivity index (χ1) is 7.10. The number of carbonyl (C=O) groups is 2. The average molecular weight is 215 g/mol. The van der Waals surface area contributed by atoms with Crippen molar-refractivity contribution < 1.29 is 9.59 Å². The zero-order valence-electron chi connectivity index (χ0n) is 9.80. The molecule has 0 aliphatic carbocycles. The van der Waals surface area contributed by atoms with Gasteiger partial charge in [-0.05, 0) is 13.6 Å². The molecule has 0 atom stereocenters. The lowest BCUT2D eigenvalue weighted by Crippen LogP contribution is -2.33. The number of nitrogens with zero attached hydrogens (tertiary/aromatic N) is 1. The van der Waals surface area contributed by atoms with Gasteiger partial charge >= 0.3 is 0 Å². The second-order valence-corrected chi connectivity index (χ2v) is 3.42. The fourth-order valence-electron chi connectivity index (χ4n) is 0.985. The Kier molecular flexibility index (Phi) is 7.62. The smallest absolute Gasteiger partial charge is 0.220 e.